The summed E-state index contributed by atoms with van der Waals surface area (Å²) in [6, 6.07) is 21.4. The van der Waals surface area contributed by atoms with E-state index in [-0.39, 0.29) is 5.91 Å². The van der Waals surface area contributed by atoms with E-state index in [9.17, 15) is 4.79 Å². The summed E-state index contributed by atoms with van der Waals surface area (Å²) >= 11 is 1.60. The number of benzene rings is 2. The zero-order valence-electron chi connectivity index (χ0n) is 16.3. The molecule has 1 unspecified atom stereocenters. The summed E-state index contributed by atoms with van der Waals surface area (Å²) in [5.41, 5.74) is 1.34. The van der Waals surface area contributed by atoms with Gasteiger partial charge in [0.15, 0.2) is 5.17 Å². The number of carbonyl (C=O) groups is 1. The van der Waals surface area contributed by atoms with Gasteiger partial charge in [-0.15, -0.1) is 0 Å². The molecule has 7 heteroatoms. The molecule has 2 aliphatic rings. The van der Waals surface area contributed by atoms with Crippen LogP contribution in [0.25, 0.3) is 0 Å². The van der Waals surface area contributed by atoms with E-state index in [0.717, 1.165) is 23.8 Å². The van der Waals surface area contributed by atoms with Gasteiger partial charge in [-0.1, -0.05) is 60.3 Å². The minimum atomic E-state index is -0.439. The van der Waals surface area contributed by atoms with Crippen LogP contribution in [0.15, 0.2) is 84.1 Å². The first-order valence-corrected chi connectivity index (χ1v) is 10.9. The number of anilines is 1. The van der Waals surface area contributed by atoms with Gasteiger partial charge in [-0.25, -0.2) is 15.0 Å². The summed E-state index contributed by atoms with van der Waals surface area (Å²) in [5, 5.41) is 3.69. The van der Waals surface area contributed by atoms with Gasteiger partial charge in [0.1, 0.15) is 5.54 Å². The van der Waals surface area contributed by atoms with Crippen molar-refractivity contribution < 1.29 is 4.79 Å². The molecule has 150 valence electrons. The molecule has 6 nitrogen and oxygen atoms in total. The predicted octanol–water partition coefficient (Wildman–Crippen LogP) is 3.34. The number of hydrogen-bond donors (Lipinski definition) is 1. The Morgan fingerprint density at radius 1 is 1.00 bits per heavy atom. The lowest BCUT2D eigenvalue weighted by Crippen LogP contribution is -2.42. The monoisotopic (exact) mass is 415 g/mol. The van der Waals surface area contributed by atoms with Crippen molar-refractivity contribution >= 4 is 28.8 Å². The molecule has 2 aromatic carbocycles. The molecule has 1 fully saturated rings. The number of aromatic nitrogens is 2. The van der Waals surface area contributed by atoms with Crippen molar-refractivity contribution in [1.82, 2.24) is 15.3 Å². The van der Waals surface area contributed by atoms with E-state index in [1.165, 1.54) is 0 Å². The second-order valence-corrected chi connectivity index (χ2v) is 8.47. The van der Waals surface area contributed by atoms with Crippen LogP contribution < -0.4 is 10.2 Å². The van der Waals surface area contributed by atoms with Crippen LogP contribution in [0.2, 0.25) is 0 Å². The van der Waals surface area contributed by atoms with Crippen molar-refractivity contribution in [2.45, 2.75) is 5.54 Å². The van der Waals surface area contributed by atoms with Crippen molar-refractivity contribution in [2.24, 2.45) is 10.9 Å². The highest BCUT2D eigenvalue weighted by molar-refractivity contribution is 8.13. The molecule has 0 saturated carbocycles. The Hall–Kier alpha value is -3.19. The van der Waals surface area contributed by atoms with Crippen molar-refractivity contribution in [3.63, 3.8) is 0 Å². The molecule has 3 aromatic rings. The standard InChI is InChI=1S/C23H21N5OS/c29-20(17-8-3-1-4-9-17)26-22-27-23(18-10-5-2-6-11-18)16-28(14-19(23)15-30-22)21-24-12-7-13-25-21/h1-13,19H,14-16H2,(H,26,27,29)/t19-,23?/m0/s1. The van der Waals surface area contributed by atoms with Crippen LogP contribution in [-0.4, -0.2) is 39.9 Å². The highest BCUT2D eigenvalue weighted by atomic mass is 32.2. The Balaban J connectivity index is 1.49. The van der Waals surface area contributed by atoms with Gasteiger partial charge < -0.3 is 10.2 Å². The molecule has 1 amide bonds. The Bertz CT molecular complexity index is 1060. The zero-order valence-corrected chi connectivity index (χ0v) is 17.1. The lowest BCUT2D eigenvalue weighted by molar-refractivity contribution is 0.0977. The second kappa shape index (κ2) is 7.91. The average Bonchev–Trinajstić information content (AvgIpc) is 3.21. The Labute approximate surface area is 179 Å². The lowest BCUT2D eigenvalue weighted by atomic mass is 9.82. The molecule has 2 aliphatic heterocycles. The molecular weight excluding hydrogens is 394 g/mol. The summed E-state index contributed by atoms with van der Waals surface area (Å²) in [6.07, 6.45) is 3.53. The molecule has 3 heterocycles. The van der Waals surface area contributed by atoms with E-state index >= 15 is 0 Å². The number of carbonyl (C=O) groups excluding carboxylic acids is 1. The number of hydrogen-bond acceptors (Lipinski definition) is 6. The number of aliphatic imine (C=N–C) groups is 1. The number of amides is 1. The third kappa shape index (κ3) is 3.45. The van der Waals surface area contributed by atoms with Crippen LogP contribution in [0.3, 0.4) is 0 Å². The van der Waals surface area contributed by atoms with Crippen LogP contribution in [0.4, 0.5) is 5.95 Å². The maximum Gasteiger partial charge on any atom is 0.257 e. The molecule has 1 saturated heterocycles. The van der Waals surface area contributed by atoms with Gasteiger partial charge >= 0.3 is 0 Å². The first kappa shape index (κ1) is 18.8. The van der Waals surface area contributed by atoms with Gasteiger partial charge in [0, 0.05) is 36.2 Å². The van der Waals surface area contributed by atoms with E-state index in [0.29, 0.717) is 23.2 Å². The minimum Gasteiger partial charge on any atom is -0.338 e. The fraction of sp³-hybridized carbons (Fsp3) is 0.217. The van der Waals surface area contributed by atoms with Crippen molar-refractivity contribution in [3.05, 3.63) is 90.3 Å². The number of nitrogens with one attached hydrogen (secondary N) is 1. The van der Waals surface area contributed by atoms with Crippen LogP contribution >= 0.6 is 11.8 Å². The second-order valence-electron chi connectivity index (χ2n) is 7.46. The summed E-state index contributed by atoms with van der Waals surface area (Å²) in [6.45, 7) is 1.51. The van der Waals surface area contributed by atoms with Gasteiger partial charge in [0.2, 0.25) is 5.95 Å². The Morgan fingerprint density at radius 2 is 1.70 bits per heavy atom. The van der Waals surface area contributed by atoms with Gasteiger partial charge in [-0.3, -0.25) is 4.79 Å². The highest BCUT2D eigenvalue weighted by Gasteiger charge is 2.51. The van der Waals surface area contributed by atoms with E-state index in [4.69, 9.17) is 4.99 Å². The lowest BCUT2D eigenvalue weighted by Gasteiger charge is -2.35. The van der Waals surface area contributed by atoms with Gasteiger partial charge in [-0.05, 0) is 23.8 Å². The van der Waals surface area contributed by atoms with E-state index in [2.05, 4.69) is 32.3 Å². The molecule has 0 aliphatic carbocycles. The molecule has 0 bridgehead atoms. The fourth-order valence-corrected chi connectivity index (χ4v) is 5.29. The summed E-state index contributed by atoms with van der Waals surface area (Å²) in [4.78, 5) is 28.9. The molecule has 5 rings (SSSR count). The first-order valence-electron chi connectivity index (χ1n) is 9.91. The summed E-state index contributed by atoms with van der Waals surface area (Å²) in [5.74, 6) is 1.75. The van der Waals surface area contributed by atoms with Crippen LogP contribution in [0.5, 0.6) is 0 Å². The molecule has 30 heavy (non-hydrogen) atoms. The maximum absolute atomic E-state index is 12.7. The third-order valence-corrected chi connectivity index (χ3v) is 6.67. The zero-order chi connectivity index (χ0) is 20.4. The summed E-state index contributed by atoms with van der Waals surface area (Å²) in [7, 11) is 0. The van der Waals surface area contributed by atoms with E-state index < -0.39 is 5.54 Å². The van der Waals surface area contributed by atoms with Crippen molar-refractivity contribution in [1.29, 1.82) is 0 Å². The molecule has 0 radical (unpaired) electrons. The van der Waals surface area contributed by atoms with Crippen molar-refractivity contribution in [3.8, 4) is 0 Å². The number of amidine groups is 1. The quantitative estimate of drug-likeness (QED) is 0.710. The van der Waals surface area contributed by atoms with Crippen LogP contribution in [0.1, 0.15) is 15.9 Å². The topological polar surface area (TPSA) is 70.5 Å². The van der Waals surface area contributed by atoms with E-state index in [1.807, 2.05) is 54.6 Å². The molecule has 1 N–H and O–H groups in total. The molecule has 2 atom stereocenters. The minimum absolute atomic E-state index is 0.134. The van der Waals surface area contributed by atoms with Crippen LogP contribution in [0, 0.1) is 5.92 Å². The average molecular weight is 416 g/mol. The number of fused-ring (bicyclic) bond motifs is 1. The predicted molar refractivity (Wildman–Crippen MR) is 120 cm³/mol. The fourth-order valence-electron chi connectivity index (χ4n) is 4.16. The molecule has 0 spiro atoms. The Morgan fingerprint density at radius 3 is 2.43 bits per heavy atom. The Kier molecular flexibility index (Phi) is 4.96. The largest absolute Gasteiger partial charge is 0.338 e. The first-order chi connectivity index (χ1) is 14.7. The number of thioether (sulfide) groups is 1. The number of rotatable bonds is 3. The van der Waals surface area contributed by atoms with Gasteiger partial charge in [0.25, 0.3) is 5.91 Å². The summed E-state index contributed by atoms with van der Waals surface area (Å²) < 4.78 is 0. The van der Waals surface area contributed by atoms with Gasteiger partial charge in [0.05, 0.1) is 6.54 Å². The molecular formula is C23H21N5OS. The molecule has 1 aromatic heterocycles. The smallest absolute Gasteiger partial charge is 0.257 e. The van der Waals surface area contributed by atoms with Gasteiger partial charge in [-0.2, -0.15) is 0 Å². The van der Waals surface area contributed by atoms with E-state index in [1.54, 1.807) is 24.2 Å². The number of nitrogens with zero attached hydrogens (tertiary/aromatic N) is 4. The normalized spacial score (nSPS) is 22.9. The van der Waals surface area contributed by atoms with Crippen molar-refractivity contribution in [2.75, 3.05) is 23.7 Å². The maximum atomic E-state index is 12.7. The third-order valence-electron chi connectivity index (χ3n) is 5.64. The van der Waals surface area contributed by atoms with Crippen LogP contribution in [-0.2, 0) is 5.54 Å². The highest BCUT2D eigenvalue weighted by Crippen LogP contribution is 2.46. The SMILES string of the molecule is O=C(NC1=NC2(c3ccccc3)CN(c3ncccn3)C[C@H]2CS1)c1ccccc1.